The van der Waals surface area contributed by atoms with Crippen molar-refractivity contribution in [3.63, 3.8) is 0 Å². The van der Waals surface area contributed by atoms with Gasteiger partial charge in [-0.05, 0) is 96.3 Å². The molecule has 0 aromatic heterocycles. The first-order valence-corrected chi connectivity index (χ1v) is 25.5. The average molecular weight is 873 g/mol. The normalized spacial score (nSPS) is 13.0. The fourth-order valence-corrected chi connectivity index (χ4v) is 6.57. The molecule has 0 saturated carbocycles. The average Bonchev–Trinajstić information content (AvgIpc) is 3.28. The summed E-state index contributed by atoms with van der Waals surface area (Å²) < 4.78 is 16.7. The van der Waals surface area contributed by atoms with Crippen LogP contribution in [0.1, 0.15) is 213 Å². The molecule has 0 rings (SSSR count). The SMILES string of the molecule is CC\C=C/C=C\C=C/C=C\CCCCCCCC(=O)OC(COC(=O)CCCCC/C=C\C=C/CCCCCCCCC)COC(=O)CCCCCC/C=C\C/C=C\C/C=C\CC. The lowest BCUT2D eigenvalue weighted by Gasteiger charge is -2.18. The summed E-state index contributed by atoms with van der Waals surface area (Å²) in [5.41, 5.74) is 0. The van der Waals surface area contributed by atoms with Crippen molar-refractivity contribution in [3.8, 4) is 0 Å². The maximum absolute atomic E-state index is 12.8. The van der Waals surface area contributed by atoms with E-state index in [-0.39, 0.29) is 37.5 Å². The molecule has 0 amide bonds. The Bertz CT molecular complexity index is 1330. The van der Waals surface area contributed by atoms with Crippen molar-refractivity contribution in [1.82, 2.24) is 0 Å². The Morgan fingerprint density at radius 1 is 0.349 bits per heavy atom. The van der Waals surface area contributed by atoms with Gasteiger partial charge in [0.2, 0.25) is 0 Å². The van der Waals surface area contributed by atoms with Crippen LogP contribution < -0.4 is 0 Å². The molecule has 6 heteroatoms. The molecule has 1 unspecified atom stereocenters. The van der Waals surface area contributed by atoms with Gasteiger partial charge in [0, 0.05) is 19.3 Å². The third kappa shape index (κ3) is 49.0. The molecular formula is C57H92O6. The van der Waals surface area contributed by atoms with E-state index < -0.39 is 6.10 Å². The highest BCUT2D eigenvalue weighted by Crippen LogP contribution is 2.13. The standard InChI is InChI=1S/C57H92O6/c1-4-7-10-13-16-19-22-25-28-30-32-35-38-41-44-47-50-56(59)62-53-54(52-61-55(58)49-46-43-40-37-34-31-27-24-21-18-15-12-9-6-3)63-57(60)51-48-45-42-39-36-33-29-26-23-20-17-14-11-8-5-2/h8-9,11-12,14,17-18,20-21,23,26-32,35,54H,4-7,10,13,15-16,19,22,24-25,33-34,36-53H2,1-3H3/b11-8-,12-9-,17-14-,21-18-,23-20-,29-26-,30-28-,31-27-,35-32-. The van der Waals surface area contributed by atoms with Gasteiger partial charge in [0.1, 0.15) is 13.2 Å². The Kier molecular flexibility index (Phi) is 47.5. The van der Waals surface area contributed by atoms with Crippen LogP contribution in [0.15, 0.2) is 109 Å². The number of carbonyl (C=O) groups excluding carboxylic acids is 3. The van der Waals surface area contributed by atoms with E-state index >= 15 is 0 Å². The number of carbonyl (C=O) groups is 3. The van der Waals surface area contributed by atoms with Crippen LogP contribution in [0.3, 0.4) is 0 Å². The van der Waals surface area contributed by atoms with Crippen LogP contribution in [0.4, 0.5) is 0 Å². The van der Waals surface area contributed by atoms with Crippen LogP contribution in [-0.4, -0.2) is 37.2 Å². The third-order valence-corrected chi connectivity index (χ3v) is 10.4. The maximum atomic E-state index is 12.8. The van der Waals surface area contributed by atoms with Gasteiger partial charge in [-0.25, -0.2) is 0 Å². The van der Waals surface area contributed by atoms with Gasteiger partial charge in [-0.15, -0.1) is 0 Å². The number of unbranched alkanes of at least 4 members (excludes halogenated alkanes) is 19. The van der Waals surface area contributed by atoms with Crippen molar-refractivity contribution in [3.05, 3.63) is 109 Å². The van der Waals surface area contributed by atoms with Gasteiger partial charge in [-0.3, -0.25) is 14.4 Å². The van der Waals surface area contributed by atoms with Crippen molar-refractivity contribution in [2.75, 3.05) is 13.2 Å². The lowest BCUT2D eigenvalue weighted by Crippen LogP contribution is -2.30. The second kappa shape index (κ2) is 50.7. The summed E-state index contributed by atoms with van der Waals surface area (Å²) in [6.45, 7) is 6.30. The highest BCUT2D eigenvalue weighted by molar-refractivity contribution is 5.71. The quantitative estimate of drug-likeness (QED) is 0.0199. The molecule has 0 aliphatic carbocycles. The number of esters is 3. The van der Waals surface area contributed by atoms with E-state index in [0.29, 0.717) is 12.8 Å². The van der Waals surface area contributed by atoms with E-state index in [1.165, 1.54) is 44.9 Å². The fraction of sp³-hybridized carbons (Fsp3) is 0.632. The molecule has 0 aliphatic rings. The van der Waals surface area contributed by atoms with Gasteiger partial charge in [-0.2, -0.15) is 0 Å². The monoisotopic (exact) mass is 873 g/mol. The van der Waals surface area contributed by atoms with Gasteiger partial charge in [-0.1, -0.05) is 207 Å². The first-order valence-electron chi connectivity index (χ1n) is 25.5. The van der Waals surface area contributed by atoms with Crippen LogP contribution in [0.25, 0.3) is 0 Å². The second-order valence-electron chi connectivity index (χ2n) is 16.4. The molecule has 0 bridgehead atoms. The van der Waals surface area contributed by atoms with Crippen LogP contribution in [0, 0.1) is 0 Å². The number of rotatable bonds is 44. The number of ether oxygens (including phenoxy) is 3. The predicted octanol–water partition coefficient (Wildman–Crippen LogP) is 16.8. The maximum Gasteiger partial charge on any atom is 0.306 e. The Hall–Kier alpha value is -3.93. The van der Waals surface area contributed by atoms with Gasteiger partial charge in [0.05, 0.1) is 0 Å². The fourth-order valence-electron chi connectivity index (χ4n) is 6.57. The van der Waals surface area contributed by atoms with Crippen LogP contribution >= 0.6 is 0 Å². The van der Waals surface area contributed by atoms with Crippen LogP contribution in [-0.2, 0) is 28.6 Å². The van der Waals surface area contributed by atoms with Crippen LogP contribution in [0.2, 0.25) is 0 Å². The Morgan fingerprint density at radius 3 is 1.19 bits per heavy atom. The minimum absolute atomic E-state index is 0.110. The molecule has 0 spiro atoms. The molecule has 0 aliphatic heterocycles. The smallest absolute Gasteiger partial charge is 0.306 e. The zero-order valence-electron chi connectivity index (χ0n) is 40.5. The lowest BCUT2D eigenvalue weighted by atomic mass is 10.1. The van der Waals surface area contributed by atoms with Crippen molar-refractivity contribution < 1.29 is 28.6 Å². The summed E-state index contributed by atoms with van der Waals surface area (Å²) in [5, 5.41) is 0. The summed E-state index contributed by atoms with van der Waals surface area (Å²) in [6, 6.07) is 0. The Labute approximate surface area is 387 Å². The molecule has 63 heavy (non-hydrogen) atoms. The topological polar surface area (TPSA) is 78.9 Å². The molecule has 0 fully saturated rings. The highest BCUT2D eigenvalue weighted by Gasteiger charge is 2.19. The Balaban J connectivity index is 4.53. The summed E-state index contributed by atoms with van der Waals surface area (Å²) in [5.74, 6) is -0.987. The summed E-state index contributed by atoms with van der Waals surface area (Å²) in [6.07, 6.45) is 67.8. The van der Waals surface area contributed by atoms with Crippen LogP contribution in [0.5, 0.6) is 0 Å². The summed E-state index contributed by atoms with van der Waals surface area (Å²) in [4.78, 5) is 38.0. The van der Waals surface area contributed by atoms with Crippen molar-refractivity contribution >= 4 is 17.9 Å². The molecular weight excluding hydrogens is 781 g/mol. The van der Waals surface area contributed by atoms with Crippen molar-refractivity contribution in [2.45, 2.75) is 219 Å². The molecule has 356 valence electrons. The Morgan fingerprint density at radius 2 is 0.698 bits per heavy atom. The third-order valence-electron chi connectivity index (χ3n) is 10.4. The predicted molar refractivity (Wildman–Crippen MR) is 270 cm³/mol. The minimum atomic E-state index is -0.812. The molecule has 6 nitrogen and oxygen atoms in total. The minimum Gasteiger partial charge on any atom is -0.462 e. The van der Waals surface area contributed by atoms with E-state index in [1.54, 1.807) is 0 Å². The van der Waals surface area contributed by atoms with E-state index in [2.05, 4.69) is 106 Å². The molecule has 0 saturated heterocycles. The van der Waals surface area contributed by atoms with E-state index in [9.17, 15) is 14.4 Å². The summed E-state index contributed by atoms with van der Waals surface area (Å²) >= 11 is 0. The number of allylic oxidation sites excluding steroid dienone is 18. The zero-order chi connectivity index (χ0) is 45.8. The van der Waals surface area contributed by atoms with Gasteiger partial charge in [0.15, 0.2) is 6.10 Å². The lowest BCUT2D eigenvalue weighted by molar-refractivity contribution is -0.167. The second-order valence-corrected chi connectivity index (χ2v) is 16.4. The highest BCUT2D eigenvalue weighted by atomic mass is 16.6. The summed E-state index contributed by atoms with van der Waals surface area (Å²) in [7, 11) is 0. The largest absolute Gasteiger partial charge is 0.462 e. The first kappa shape index (κ1) is 59.1. The van der Waals surface area contributed by atoms with E-state index in [0.717, 1.165) is 128 Å². The van der Waals surface area contributed by atoms with E-state index in [1.807, 2.05) is 24.3 Å². The molecule has 0 aromatic rings. The molecule has 0 N–H and O–H groups in total. The molecule has 0 radical (unpaired) electrons. The van der Waals surface area contributed by atoms with Gasteiger partial charge < -0.3 is 14.2 Å². The number of hydrogen-bond acceptors (Lipinski definition) is 6. The first-order chi connectivity index (χ1) is 31.0. The molecule has 1 atom stereocenters. The van der Waals surface area contributed by atoms with Crippen molar-refractivity contribution in [1.29, 1.82) is 0 Å². The van der Waals surface area contributed by atoms with Gasteiger partial charge >= 0.3 is 17.9 Å². The van der Waals surface area contributed by atoms with Gasteiger partial charge in [0.25, 0.3) is 0 Å². The number of hydrogen-bond donors (Lipinski definition) is 0. The zero-order valence-corrected chi connectivity index (χ0v) is 40.5. The molecule has 0 aromatic carbocycles. The van der Waals surface area contributed by atoms with E-state index in [4.69, 9.17) is 14.2 Å². The van der Waals surface area contributed by atoms with Crippen molar-refractivity contribution in [2.24, 2.45) is 0 Å². The molecule has 0 heterocycles.